The van der Waals surface area contributed by atoms with Crippen molar-refractivity contribution in [2.45, 2.75) is 55.1 Å². The van der Waals surface area contributed by atoms with Crippen LogP contribution in [-0.4, -0.2) is 45.1 Å². The quantitative estimate of drug-likeness (QED) is 0.775. The van der Waals surface area contributed by atoms with Crippen LogP contribution in [0.5, 0.6) is 5.75 Å². The van der Waals surface area contributed by atoms with E-state index in [2.05, 4.69) is 33.9 Å². The summed E-state index contributed by atoms with van der Waals surface area (Å²) in [6.07, 6.45) is 5.16. The second-order valence-corrected chi connectivity index (χ2v) is 9.54. The molecule has 0 aromatic heterocycles. The maximum atomic E-state index is 12.8. The molecule has 2 aliphatic heterocycles. The lowest BCUT2D eigenvalue weighted by Gasteiger charge is -2.39. The van der Waals surface area contributed by atoms with Gasteiger partial charge in [0, 0.05) is 24.7 Å². The molecule has 0 spiro atoms. The Bertz CT molecular complexity index is 870. The Hall–Kier alpha value is -1.89. The van der Waals surface area contributed by atoms with Crippen LogP contribution in [0, 0.1) is 0 Å². The predicted molar refractivity (Wildman–Crippen MR) is 110 cm³/mol. The smallest absolute Gasteiger partial charge is 0.240 e. The number of benzene rings is 2. The average molecular weight is 401 g/mol. The minimum absolute atomic E-state index is 0.0116. The molecule has 4 rings (SSSR count). The first-order valence-electron chi connectivity index (χ1n) is 10.0. The first-order valence-corrected chi connectivity index (χ1v) is 11.5. The minimum Gasteiger partial charge on any atom is -0.497 e. The second-order valence-electron chi connectivity index (χ2n) is 7.82. The normalized spacial score (nSPS) is 25.0. The molecule has 6 heteroatoms. The van der Waals surface area contributed by atoms with Crippen LogP contribution in [0.25, 0.3) is 0 Å². The number of hydrogen-bond acceptors (Lipinski definition) is 4. The van der Waals surface area contributed by atoms with Gasteiger partial charge >= 0.3 is 0 Å². The van der Waals surface area contributed by atoms with E-state index in [9.17, 15) is 8.42 Å². The van der Waals surface area contributed by atoms with Crippen LogP contribution in [0.1, 0.15) is 31.2 Å². The summed E-state index contributed by atoms with van der Waals surface area (Å²) >= 11 is 0. The van der Waals surface area contributed by atoms with Crippen LogP contribution in [0.2, 0.25) is 0 Å². The van der Waals surface area contributed by atoms with Gasteiger partial charge in [-0.15, -0.1) is 0 Å². The molecule has 0 radical (unpaired) electrons. The monoisotopic (exact) mass is 400 g/mol. The average Bonchev–Trinajstić information content (AvgIpc) is 2.95. The zero-order valence-corrected chi connectivity index (χ0v) is 17.1. The molecule has 2 aliphatic rings. The van der Waals surface area contributed by atoms with Gasteiger partial charge in [0.25, 0.3) is 0 Å². The van der Waals surface area contributed by atoms with Gasteiger partial charge in [-0.25, -0.2) is 13.1 Å². The number of fused-ring (bicyclic) bond motifs is 2. The molecule has 1 N–H and O–H groups in total. The van der Waals surface area contributed by atoms with Gasteiger partial charge in [0.15, 0.2) is 0 Å². The van der Waals surface area contributed by atoms with Crippen LogP contribution in [0.4, 0.5) is 0 Å². The van der Waals surface area contributed by atoms with E-state index in [1.165, 1.54) is 18.4 Å². The summed E-state index contributed by atoms with van der Waals surface area (Å²) in [6, 6.07) is 18.1. The van der Waals surface area contributed by atoms with Crippen molar-refractivity contribution in [2.24, 2.45) is 0 Å². The highest BCUT2D eigenvalue weighted by Crippen LogP contribution is 2.36. The molecule has 0 saturated carbocycles. The van der Waals surface area contributed by atoms with Crippen molar-refractivity contribution >= 4 is 10.0 Å². The summed E-state index contributed by atoms with van der Waals surface area (Å²) in [7, 11) is -1.93. The SMILES string of the molecule is COc1ccc(S(=O)(=O)NC2CC3CCC(C2)N3CCc2ccccc2)cc1. The van der Waals surface area contributed by atoms with E-state index in [1.807, 2.05) is 6.07 Å². The first-order chi connectivity index (χ1) is 13.5. The number of ether oxygens (including phenoxy) is 1. The lowest BCUT2D eigenvalue weighted by atomic mass is 9.97. The fourth-order valence-corrected chi connectivity index (χ4v) is 5.94. The Morgan fingerprint density at radius 2 is 1.64 bits per heavy atom. The molecule has 2 bridgehead atoms. The van der Waals surface area contributed by atoms with Gasteiger partial charge in [0.2, 0.25) is 10.0 Å². The molecule has 5 nitrogen and oxygen atoms in total. The Morgan fingerprint density at radius 3 is 2.25 bits per heavy atom. The van der Waals surface area contributed by atoms with E-state index in [1.54, 1.807) is 31.4 Å². The standard InChI is InChI=1S/C22H28N2O3S/c1-27-21-9-11-22(12-10-21)28(25,26)23-18-15-19-7-8-20(16-18)24(19)14-13-17-5-3-2-4-6-17/h2-6,9-12,18-20,23H,7-8,13-16H2,1H3. The molecule has 2 unspecified atom stereocenters. The number of nitrogens with zero attached hydrogens (tertiary/aromatic N) is 1. The van der Waals surface area contributed by atoms with Gasteiger partial charge in [0.1, 0.15) is 5.75 Å². The number of sulfonamides is 1. The predicted octanol–water partition coefficient (Wildman–Crippen LogP) is 3.21. The summed E-state index contributed by atoms with van der Waals surface area (Å²) in [4.78, 5) is 2.90. The summed E-state index contributed by atoms with van der Waals surface area (Å²) in [5.41, 5.74) is 1.37. The highest BCUT2D eigenvalue weighted by molar-refractivity contribution is 7.89. The third-order valence-electron chi connectivity index (χ3n) is 6.08. The van der Waals surface area contributed by atoms with Crippen molar-refractivity contribution in [3.05, 3.63) is 60.2 Å². The molecule has 2 aromatic carbocycles. The lowest BCUT2D eigenvalue weighted by Crippen LogP contribution is -2.50. The second kappa shape index (κ2) is 8.23. The van der Waals surface area contributed by atoms with E-state index >= 15 is 0 Å². The number of methoxy groups -OCH3 is 1. The molecule has 2 aromatic rings. The van der Waals surface area contributed by atoms with E-state index in [0.717, 1.165) is 25.8 Å². The van der Waals surface area contributed by atoms with Crippen LogP contribution in [-0.2, 0) is 16.4 Å². The molecular formula is C22H28N2O3S. The summed E-state index contributed by atoms with van der Waals surface area (Å²) < 4.78 is 33.6. The maximum Gasteiger partial charge on any atom is 0.240 e. The number of piperidine rings is 1. The fraction of sp³-hybridized carbons (Fsp3) is 0.455. The Morgan fingerprint density at radius 1 is 1.00 bits per heavy atom. The van der Waals surface area contributed by atoms with Gasteiger partial charge < -0.3 is 4.74 Å². The van der Waals surface area contributed by atoms with Gasteiger partial charge in [-0.1, -0.05) is 30.3 Å². The zero-order chi connectivity index (χ0) is 19.6. The topological polar surface area (TPSA) is 58.6 Å². The summed E-state index contributed by atoms with van der Waals surface area (Å²) in [6.45, 7) is 1.05. The van der Waals surface area contributed by atoms with Gasteiger partial charge in [0.05, 0.1) is 12.0 Å². The van der Waals surface area contributed by atoms with Crippen LogP contribution in [0.3, 0.4) is 0 Å². The first kappa shape index (κ1) is 19.4. The van der Waals surface area contributed by atoms with Crippen LogP contribution < -0.4 is 9.46 Å². The molecular weight excluding hydrogens is 372 g/mol. The van der Waals surface area contributed by atoms with Crippen molar-refractivity contribution in [2.75, 3.05) is 13.7 Å². The number of hydrogen-bond donors (Lipinski definition) is 1. The third-order valence-corrected chi connectivity index (χ3v) is 7.61. The van der Waals surface area contributed by atoms with Crippen LogP contribution >= 0.6 is 0 Å². The lowest BCUT2D eigenvalue weighted by molar-refractivity contribution is 0.125. The van der Waals surface area contributed by atoms with Crippen molar-refractivity contribution in [3.63, 3.8) is 0 Å². The van der Waals surface area contributed by atoms with Gasteiger partial charge in [-0.2, -0.15) is 0 Å². The highest BCUT2D eigenvalue weighted by atomic mass is 32.2. The van der Waals surface area contributed by atoms with Gasteiger partial charge in [-0.3, -0.25) is 4.90 Å². The van der Waals surface area contributed by atoms with E-state index in [0.29, 0.717) is 22.7 Å². The third kappa shape index (κ3) is 4.24. The summed E-state index contributed by atoms with van der Waals surface area (Å²) in [5.74, 6) is 0.656. The van der Waals surface area contributed by atoms with Crippen molar-refractivity contribution in [1.29, 1.82) is 0 Å². The number of nitrogens with one attached hydrogen (secondary N) is 1. The van der Waals surface area contributed by atoms with E-state index < -0.39 is 10.0 Å². The minimum atomic E-state index is -3.50. The molecule has 0 aliphatic carbocycles. The van der Waals surface area contributed by atoms with Crippen molar-refractivity contribution in [1.82, 2.24) is 9.62 Å². The van der Waals surface area contributed by atoms with Gasteiger partial charge in [-0.05, 0) is 61.9 Å². The molecule has 0 amide bonds. The van der Waals surface area contributed by atoms with E-state index in [-0.39, 0.29) is 6.04 Å². The fourth-order valence-electron chi connectivity index (χ4n) is 4.68. The molecule has 2 saturated heterocycles. The maximum absolute atomic E-state index is 12.8. The Labute approximate surface area is 167 Å². The molecule has 2 heterocycles. The largest absolute Gasteiger partial charge is 0.497 e. The Kier molecular flexibility index (Phi) is 5.71. The number of rotatable bonds is 7. The molecule has 2 atom stereocenters. The zero-order valence-electron chi connectivity index (χ0n) is 16.3. The van der Waals surface area contributed by atoms with Crippen molar-refractivity contribution in [3.8, 4) is 5.75 Å². The molecule has 28 heavy (non-hydrogen) atoms. The van der Waals surface area contributed by atoms with E-state index in [4.69, 9.17) is 4.74 Å². The summed E-state index contributed by atoms with van der Waals surface area (Å²) in [5, 5.41) is 0. The molecule has 2 fully saturated rings. The highest BCUT2D eigenvalue weighted by Gasteiger charge is 2.41. The van der Waals surface area contributed by atoms with Crippen LogP contribution in [0.15, 0.2) is 59.5 Å². The van der Waals surface area contributed by atoms with Crippen molar-refractivity contribution < 1.29 is 13.2 Å². The Balaban J connectivity index is 1.37. The molecule has 150 valence electrons.